The van der Waals surface area contributed by atoms with Crippen molar-refractivity contribution in [2.75, 3.05) is 10.0 Å². The van der Waals surface area contributed by atoms with Crippen LogP contribution in [0.1, 0.15) is 33.3 Å². The van der Waals surface area contributed by atoms with E-state index >= 15 is 0 Å². The molecule has 0 aliphatic heterocycles. The molecule has 0 bridgehead atoms. The third kappa shape index (κ3) is 4.84. The van der Waals surface area contributed by atoms with Crippen molar-refractivity contribution in [3.8, 4) is 5.69 Å². The van der Waals surface area contributed by atoms with Gasteiger partial charge in [-0.25, -0.2) is 13.1 Å². The average Bonchev–Trinajstić information content (AvgIpc) is 3.07. The second-order valence-corrected chi connectivity index (χ2v) is 9.84. The molecule has 0 spiro atoms. The van der Waals surface area contributed by atoms with Gasteiger partial charge in [-0.1, -0.05) is 24.3 Å². The predicted octanol–water partition coefficient (Wildman–Crippen LogP) is 3.74. The monoisotopic (exact) mass is 504 g/mol. The Morgan fingerprint density at radius 2 is 1.53 bits per heavy atom. The van der Waals surface area contributed by atoms with E-state index in [0.29, 0.717) is 22.6 Å². The number of carbonyl (C=O) groups is 2. The van der Waals surface area contributed by atoms with Crippen molar-refractivity contribution >= 4 is 33.1 Å². The van der Waals surface area contributed by atoms with Gasteiger partial charge in [0.05, 0.1) is 16.3 Å². The second-order valence-electron chi connectivity index (χ2n) is 8.16. The summed E-state index contributed by atoms with van der Waals surface area (Å²) in [5, 5.41) is 2.68. The summed E-state index contributed by atoms with van der Waals surface area (Å²) in [4.78, 5) is 37.1. The number of hydrogen-bond donors (Lipinski definition) is 2. The number of hydrogen-bond acceptors (Lipinski definition) is 5. The molecule has 36 heavy (non-hydrogen) atoms. The van der Waals surface area contributed by atoms with Gasteiger partial charge >= 0.3 is 0 Å². The smallest absolute Gasteiger partial charge is 0.296 e. The Morgan fingerprint density at radius 3 is 2.17 bits per heavy atom. The van der Waals surface area contributed by atoms with E-state index in [1.165, 1.54) is 35.9 Å². The minimum atomic E-state index is -4.18. The molecule has 1 heterocycles. The zero-order chi connectivity index (χ0) is 26.0. The largest absolute Gasteiger partial charge is 0.322 e. The van der Waals surface area contributed by atoms with Crippen molar-refractivity contribution in [1.82, 2.24) is 9.36 Å². The van der Waals surface area contributed by atoms with E-state index in [-0.39, 0.29) is 21.9 Å². The number of rotatable bonds is 7. The predicted molar refractivity (Wildman–Crippen MR) is 137 cm³/mol. The number of nitrogens with one attached hydrogen (secondary N) is 2. The third-order valence-corrected chi connectivity index (χ3v) is 7.09. The summed E-state index contributed by atoms with van der Waals surface area (Å²) in [6, 6.07) is 20.7. The van der Waals surface area contributed by atoms with Crippen LogP contribution >= 0.6 is 0 Å². The molecule has 0 atom stereocenters. The average molecular weight is 505 g/mol. The molecular formula is C26H24N4O5S. The molecule has 0 saturated carbocycles. The Balaban J connectivity index is 1.60. The highest BCUT2D eigenvalue weighted by molar-refractivity contribution is 7.92. The van der Waals surface area contributed by atoms with Crippen molar-refractivity contribution in [3.63, 3.8) is 0 Å². The number of sulfonamides is 1. The lowest BCUT2D eigenvalue weighted by molar-refractivity contribution is 0.101. The summed E-state index contributed by atoms with van der Waals surface area (Å²) in [5.41, 5.74) is 1.49. The fourth-order valence-electron chi connectivity index (χ4n) is 3.68. The van der Waals surface area contributed by atoms with Crippen LogP contribution in [0, 0.1) is 6.92 Å². The minimum absolute atomic E-state index is 0.0817. The molecule has 1 aromatic heterocycles. The van der Waals surface area contributed by atoms with Gasteiger partial charge in [0.15, 0.2) is 5.78 Å². The van der Waals surface area contributed by atoms with Crippen molar-refractivity contribution in [2.24, 2.45) is 7.05 Å². The SMILES string of the molecule is CC(=O)c1ccc(NC(=O)c2cccc(S(=O)(=O)Nc3c(C)n(C)n(-c4ccccc4)c3=O)c2)cc1. The normalized spacial score (nSPS) is 11.2. The standard InChI is InChI=1S/C26H24N4O5S/c1-17-24(26(33)30(29(17)3)22-9-5-4-6-10-22)28-36(34,35)23-11-7-8-20(16-23)25(32)27-21-14-12-19(13-15-21)18(2)31/h4-16,28H,1-3H3,(H,27,32). The van der Waals surface area contributed by atoms with Gasteiger partial charge < -0.3 is 5.32 Å². The van der Waals surface area contributed by atoms with Crippen LogP contribution in [-0.2, 0) is 17.1 Å². The lowest BCUT2D eigenvalue weighted by Gasteiger charge is -2.09. The Morgan fingerprint density at radius 1 is 0.861 bits per heavy atom. The molecule has 184 valence electrons. The van der Waals surface area contributed by atoms with Crippen LogP contribution in [0.5, 0.6) is 0 Å². The summed E-state index contributed by atoms with van der Waals surface area (Å²) in [7, 11) is -2.52. The zero-order valence-electron chi connectivity index (χ0n) is 19.8. The number of carbonyl (C=O) groups excluding carboxylic acids is 2. The van der Waals surface area contributed by atoms with Gasteiger partial charge in [-0.15, -0.1) is 0 Å². The molecule has 2 N–H and O–H groups in total. The molecule has 0 aliphatic carbocycles. The Labute approximate surface area is 208 Å². The van der Waals surface area contributed by atoms with Crippen molar-refractivity contribution < 1.29 is 18.0 Å². The summed E-state index contributed by atoms with van der Waals surface area (Å²) < 4.78 is 31.7. The number of ketones is 1. The van der Waals surface area contributed by atoms with Gasteiger partial charge in [0.25, 0.3) is 21.5 Å². The Bertz CT molecular complexity index is 1620. The van der Waals surface area contributed by atoms with Gasteiger partial charge in [0.1, 0.15) is 5.69 Å². The molecule has 0 unspecified atom stereocenters. The number of benzene rings is 3. The molecule has 0 radical (unpaired) electrons. The molecule has 10 heteroatoms. The van der Waals surface area contributed by atoms with E-state index in [0.717, 1.165) is 0 Å². The highest BCUT2D eigenvalue weighted by Gasteiger charge is 2.23. The first kappa shape index (κ1) is 24.7. The summed E-state index contributed by atoms with van der Waals surface area (Å²) in [5.74, 6) is -0.618. The quantitative estimate of drug-likeness (QED) is 0.372. The maximum Gasteiger partial charge on any atom is 0.296 e. The lowest BCUT2D eigenvalue weighted by Crippen LogP contribution is -2.23. The molecular weight excluding hydrogens is 480 g/mol. The van der Waals surface area contributed by atoms with E-state index in [1.807, 2.05) is 6.07 Å². The van der Waals surface area contributed by atoms with E-state index < -0.39 is 21.5 Å². The van der Waals surface area contributed by atoms with Crippen LogP contribution in [0.15, 0.2) is 88.6 Å². The first-order valence-corrected chi connectivity index (χ1v) is 12.5. The van der Waals surface area contributed by atoms with Crippen LogP contribution in [0.2, 0.25) is 0 Å². The maximum atomic E-state index is 13.2. The highest BCUT2D eigenvalue weighted by Crippen LogP contribution is 2.20. The molecule has 4 aromatic rings. The Hall–Kier alpha value is -4.44. The summed E-state index contributed by atoms with van der Waals surface area (Å²) in [6.45, 7) is 3.08. The second kappa shape index (κ2) is 9.67. The fraction of sp³-hybridized carbons (Fsp3) is 0.115. The zero-order valence-corrected chi connectivity index (χ0v) is 20.7. The van der Waals surface area contributed by atoms with Crippen molar-refractivity contribution in [3.05, 3.63) is 106 Å². The van der Waals surface area contributed by atoms with Gasteiger partial charge in [0, 0.05) is 23.9 Å². The van der Waals surface area contributed by atoms with Gasteiger partial charge in [0.2, 0.25) is 0 Å². The van der Waals surface area contributed by atoms with Crippen LogP contribution in [0.25, 0.3) is 5.69 Å². The first-order valence-electron chi connectivity index (χ1n) is 11.0. The fourth-order valence-corrected chi connectivity index (χ4v) is 4.84. The molecule has 0 aliphatic rings. The molecule has 9 nitrogen and oxygen atoms in total. The van der Waals surface area contributed by atoms with E-state index in [9.17, 15) is 22.8 Å². The van der Waals surface area contributed by atoms with E-state index in [2.05, 4.69) is 10.0 Å². The molecule has 3 aromatic carbocycles. The number of amides is 1. The van der Waals surface area contributed by atoms with Crippen LogP contribution < -0.4 is 15.6 Å². The number of Topliss-reactive ketones (excluding diaryl/α,β-unsaturated/α-hetero) is 1. The topological polar surface area (TPSA) is 119 Å². The first-order chi connectivity index (χ1) is 17.1. The van der Waals surface area contributed by atoms with Crippen LogP contribution in [0.3, 0.4) is 0 Å². The van der Waals surface area contributed by atoms with Gasteiger partial charge in [-0.3, -0.25) is 23.8 Å². The molecule has 0 fully saturated rings. The van der Waals surface area contributed by atoms with Gasteiger partial charge in [-0.2, -0.15) is 0 Å². The third-order valence-electron chi connectivity index (χ3n) is 5.75. The number of aromatic nitrogens is 2. The van der Waals surface area contributed by atoms with Crippen LogP contribution in [-0.4, -0.2) is 29.5 Å². The Kier molecular flexibility index (Phi) is 6.63. The summed E-state index contributed by atoms with van der Waals surface area (Å²) in [6.07, 6.45) is 0. The van der Waals surface area contributed by atoms with Crippen molar-refractivity contribution in [1.29, 1.82) is 0 Å². The summed E-state index contributed by atoms with van der Waals surface area (Å²) >= 11 is 0. The van der Waals surface area contributed by atoms with Crippen LogP contribution in [0.4, 0.5) is 11.4 Å². The van der Waals surface area contributed by atoms with Gasteiger partial charge in [-0.05, 0) is 68.4 Å². The minimum Gasteiger partial charge on any atom is -0.322 e. The maximum absolute atomic E-state index is 13.2. The molecule has 4 rings (SSSR count). The van der Waals surface area contributed by atoms with E-state index in [1.54, 1.807) is 67.2 Å². The highest BCUT2D eigenvalue weighted by atomic mass is 32.2. The number of anilines is 2. The lowest BCUT2D eigenvalue weighted by atomic mass is 10.1. The van der Waals surface area contributed by atoms with Crippen molar-refractivity contribution in [2.45, 2.75) is 18.7 Å². The molecule has 0 saturated heterocycles. The number of para-hydroxylation sites is 1. The van der Waals surface area contributed by atoms with E-state index in [4.69, 9.17) is 0 Å². The molecule has 1 amide bonds. The number of nitrogens with zero attached hydrogens (tertiary/aromatic N) is 2.